The van der Waals surface area contributed by atoms with Crippen molar-refractivity contribution in [3.05, 3.63) is 34.9 Å². The lowest BCUT2D eigenvalue weighted by atomic mass is 9.87. The van der Waals surface area contributed by atoms with Crippen molar-refractivity contribution < 1.29 is 14.7 Å². The Morgan fingerprint density at radius 2 is 2.12 bits per heavy atom. The Hall–Kier alpha value is -1.84. The van der Waals surface area contributed by atoms with Crippen LogP contribution in [0.3, 0.4) is 0 Å². The first kappa shape index (κ1) is 11.6. The highest BCUT2D eigenvalue weighted by atomic mass is 16.4. The van der Waals surface area contributed by atoms with Crippen LogP contribution in [0, 0.1) is 13.8 Å². The molecule has 2 unspecified atom stereocenters. The SMILES string of the molecule is Cc1cccc(C2CC(=O)NC2C(=O)O)c1C. The van der Waals surface area contributed by atoms with Crippen LogP contribution in [0.2, 0.25) is 0 Å². The summed E-state index contributed by atoms with van der Waals surface area (Å²) >= 11 is 0. The molecule has 1 aliphatic heterocycles. The molecule has 4 nitrogen and oxygen atoms in total. The Labute approximate surface area is 99.6 Å². The second-order valence-electron chi connectivity index (χ2n) is 4.48. The summed E-state index contributed by atoms with van der Waals surface area (Å²) in [5, 5.41) is 11.6. The average Bonchev–Trinajstić information content (AvgIpc) is 2.64. The van der Waals surface area contributed by atoms with Crippen molar-refractivity contribution >= 4 is 11.9 Å². The Balaban J connectivity index is 2.41. The third-order valence-electron chi connectivity index (χ3n) is 3.44. The summed E-state index contributed by atoms with van der Waals surface area (Å²) in [7, 11) is 0. The molecule has 2 atom stereocenters. The molecule has 1 aromatic rings. The molecule has 0 aliphatic carbocycles. The van der Waals surface area contributed by atoms with Crippen LogP contribution in [-0.2, 0) is 9.59 Å². The maximum absolute atomic E-state index is 11.4. The van der Waals surface area contributed by atoms with E-state index in [2.05, 4.69) is 5.32 Å². The number of rotatable bonds is 2. The van der Waals surface area contributed by atoms with E-state index < -0.39 is 12.0 Å². The van der Waals surface area contributed by atoms with Crippen molar-refractivity contribution in [3.63, 3.8) is 0 Å². The topological polar surface area (TPSA) is 66.4 Å². The molecule has 1 saturated heterocycles. The van der Waals surface area contributed by atoms with Gasteiger partial charge in [-0.15, -0.1) is 0 Å². The zero-order valence-corrected chi connectivity index (χ0v) is 9.86. The Morgan fingerprint density at radius 1 is 1.41 bits per heavy atom. The largest absolute Gasteiger partial charge is 0.480 e. The molecule has 0 bridgehead atoms. The minimum absolute atomic E-state index is 0.191. The van der Waals surface area contributed by atoms with Gasteiger partial charge in [0, 0.05) is 12.3 Å². The third kappa shape index (κ3) is 2.02. The van der Waals surface area contributed by atoms with E-state index in [1.54, 1.807) is 0 Å². The molecule has 1 amide bonds. The zero-order valence-electron chi connectivity index (χ0n) is 9.86. The van der Waals surface area contributed by atoms with Crippen LogP contribution in [0.25, 0.3) is 0 Å². The molecule has 2 rings (SSSR count). The maximum atomic E-state index is 11.4. The highest BCUT2D eigenvalue weighted by molar-refractivity contribution is 5.89. The third-order valence-corrected chi connectivity index (χ3v) is 3.44. The van der Waals surface area contributed by atoms with E-state index in [4.69, 9.17) is 5.11 Å². The second kappa shape index (κ2) is 4.20. The number of aryl methyl sites for hydroxylation is 1. The summed E-state index contributed by atoms with van der Waals surface area (Å²) in [6.07, 6.45) is 0.251. The number of carboxylic acids is 1. The van der Waals surface area contributed by atoms with Crippen molar-refractivity contribution in [2.24, 2.45) is 0 Å². The number of benzene rings is 1. The van der Waals surface area contributed by atoms with Gasteiger partial charge in [0.2, 0.25) is 5.91 Å². The van der Waals surface area contributed by atoms with Crippen LogP contribution >= 0.6 is 0 Å². The van der Waals surface area contributed by atoms with Crippen molar-refractivity contribution in [1.82, 2.24) is 5.32 Å². The first-order valence-corrected chi connectivity index (χ1v) is 5.59. The fourth-order valence-corrected chi connectivity index (χ4v) is 2.35. The van der Waals surface area contributed by atoms with E-state index in [1.165, 1.54) is 0 Å². The summed E-state index contributed by atoms with van der Waals surface area (Å²) in [6, 6.07) is 4.99. The fraction of sp³-hybridized carbons (Fsp3) is 0.385. The minimum atomic E-state index is -0.971. The van der Waals surface area contributed by atoms with Crippen molar-refractivity contribution in [2.75, 3.05) is 0 Å². The quantitative estimate of drug-likeness (QED) is 0.810. The van der Waals surface area contributed by atoms with E-state index >= 15 is 0 Å². The number of hydrogen-bond donors (Lipinski definition) is 2. The highest BCUT2D eigenvalue weighted by Crippen LogP contribution is 2.31. The van der Waals surface area contributed by atoms with E-state index in [0.717, 1.165) is 16.7 Å². The van der Waals surface area contributed by atoms with E-state index in [0.29, 0.717) is 0 Å². The van der Waals surface area contributed by atoms with Gasteiger partial charge >= 0.3 is 5.97 Å². The van der Waals surface area contributed by atoms with Crippen LogP contribution in [-0.4, -0.2) is 23.0 Å². The van der Waals surface area contributed by atoms with Gasteiger partial charge in [-0.3, -0.25) is 4.79 Å². The van der Waals surface area contributed by atoms with E-state index in [-0.39, 0.29) is 18.2 Å². The molecular weight excluding hydrogens is 218 g/mol. The molecule has 17 heavy (non-hydrogen) atoms. The van der Waals surface area contributed by atoms with Gasteiger partial charge in [-0.05, 0) is 30.5 Å². The molecule has 1 aliphatic rings. The molecule has 0 spiro atoms. The van der Waals surface area contributed by atoms with Crippen molar-refractivity contribution in [3.8, 4) is 0 Å². The monoisotopic (exact) mass is 233 g/mol. The lowest BCUT2D eigenvalue weighted by Crippen LogP contribution is -2.36. The number of carbonyl (C=O) groups excluding carboxylic acids is 1. The Morgan fingerprint density at radius 3 is 2.76 bits per heavy atom. The summed E-state index contributed by atoms with van der Waals surface area (Å²) < 4.78 is 0. The summed E-state index contributed by atoms with van der Waals surface area (Å²) in [4.78, 5) is 22.5. The van der Waals surface area contributed by atoms with E-state index in [9.17, 15) is 9.59 Å². The zero-order chi connectivity index (χ0) is 12.6. The van der Waals surface area contributed by atoms with Gasteiger partial charge in [-0.2, -0.15) is 0 Å². The lowest BCUT2D eigenvalue weighted by Gasteiger charge is -2.18. The van der Waals surface area contributed by atoms with Crippen LogP contribution in [0.5, 0.6) is 0 Å². The van der Waals surface area contributed by atoms with Gasteiger partial charge in [-0.1, -0.05) is 18.2 Å². The summed E-state index contributed by atoms with van der Waals surface area (Å²) in [5.74, 6) is -1.43. The fourth-order valence-electron chi connectivity index (χ4n) is 2.35. The molecule has 90 valence electrons. The average molecular weight is 233 g/mol. The molecule has 1 fully saturated rings. The van der Waals surface area contributed by atoms with Gasteiger partial charge < -0.3 is 10.4 Å². The van der Waals surface area contributed by atoms with Gasteiger partial charge in [-0.25, -0.2) is 4.79 Å². The number of amides is 1. The standard InChI is InChI=1S/C13H15NO3/c1-7-4-3-5-9(8(7)2)10-6-11(15)14-12(10)13(16)17/h3-5,10,12H,6H2,1-2H3,(H,14,15)(H,16,17). The number of aliphatic carboxylic acids is 1. The first-order valence-electron chi connectivity index (χ1n) is 5.59. The maximum Gasteiger partial charge on any atom is 0.326 e. The van der Waals surface area contributed by atoms with Crippen LogP contribution in [0.1, 0.15) is 29.0 Å². The number of carboxylic acid groups (broad SMARTS) is 1. The van der Waals surface area contributed by atoms with Gasteiger partial charge in [0.1, 0.15) is 6.04 Å². The van der Waals surface area contributed by atoms with Crippen LogP contribution in [0.4, 0.5) is 0 Å². The summed E-state index contributed by atoms with van der Waals surface area (Å²) in [5.41, 5.74) is 3.14. The highest BCUT2D eigenvalue weighted by Gasteiger charge is 2.38. The van der Waals surface area contributed by atoms with Gasteiger partial charge in [0.05, 0.1) is 0 Å². The minimum Gasteiger partial charge on any atom is -0.480 e. The van der Waals surface area contributed by atoms with Crippen molar-refractivity contribution in [2.45, 2.75) is 32.2 Å². The van der Waals surface area contributed by atoms with Crippen LogP contribution in [0.15, 0.2) is 18.2 Å². The Kier molecular flexibility index (Phi) is 2.88. The van der Waals surface area contributed by atoms with Crippen molar-refractivity contribution in [1.29, 1.82) is 0 Å². The first-order chi connectivity index (χ1) is 8.00. The molecule has 4 heteroatoms. The lowest BCUT2D eigenvalue weighted by molar-refractivity contribution is -0.140. The number of hydrogen-bond acceptors (Lipinski definition) is 2. The smallest absolute Gasteiger partial charge is 0.326 e. The molecule has 0 aromatic heterocycles. The predicted octanol–water partition coefficient (Wildman–Crippen LogP) is 1.36. The summed E-state index contributed by atoms with van der Waals surface area (Å²) in [6.45, 7) is 3.95. The van der Waals surface area contributed by atoms with E-state index in [1.807, 2.05) is 32.0 Å². The van der Waals surface area contributed by atoms with Gasteiger partial charge in [0.25, 0.3) is 0 Å². The Bertz CT molecular complexity index is 482. The molecule has 0 saturated carbocycles. The predicted molar refractivity (Wildman–Crippen MR) is 62.8 cm³/mol. The van der Waals surface area contributed by atoms with Crippen LogP contribution < -0.4 is 5.32 Å². The molecule has 0 radical (unpaired) electrons. The molecule has 2 N–H and O–H groups in total. The van der Waals surface area contributed by atoms with Gasteiger partial charge in [0.15, 0.2) is 0 Å². The second-order valence-corrected chi connectivity index (χ2v) is 4.48. The molecule has 1 heterocycles. The number of carbonyl (C=O) groups is 2. The molecular formula is C13H15NO3. The normalized spacial score (nSPS) is 23.5. The molecule has 1 aromatic carbocycles. The number of nitrogens with one attached hydrogen (secondary N) is 1.